The van der Waals surface area contributed by atoms with Gasteiger partial charge in [-0.25, -0.2) is 4.79 Å². The molecule has 6 heteroatoms. The molecule has 1 aromatic rings. The average molecular weight is 267 g/mol. The topological polar surface area (TPSA) is 79.2 Å². The number of para-hydroxylation sites is 1. The van der Waals surface area contributed by atoms with Gasteiger partial charge in [0.05, 0.1) is 32.1 Å². The molecule has 1 aromatic carbocycles. The van der Waals surface area contributed by atoms with Crippen molar-refractivity contribution in [2.45, 2.75) is 0 Å². The number of carboxylic acids is 1. The minimum atomic E-state index is -0.991. The van der Waals surface area contributed by atoms with E-state index in [1.807, 2.05) is 11.0 Å². The molecule has 0 aromatic heterocycles. The lowest BCUT2D eigenvalue weighted by Gasteiger charge is -2.31. The Morgan fingerprint density at radius 2 is 2.26 bits per heavy atom. The molecular weight excluding hydrogens is 250 g/mol. The van der Waals surface area contributed by atoms with Crippen LogP contribution >= 0.6 is 0 Å². The average Bonchev–Trinajstić information content (AvgIpc) is 2.43. The van der Waals surface area contributed by atoms with Crippen molar-refractivity contribution >= 4 is 11.7 Å². The van der Waals surface area contributed by atoms with E-state index in [2.05, 4.69) is 0 Å². The van der Waals surface area contributed by atoms with E-state index in [9.17, 15) is 4.79 Å². The Kier molecular flexibility index (Phi) is 4.59. The number of aliphatic hydroxyl groups excluding tert-OH is 1. The Morgan fingerprint density at radius 3 is 3.00 bits per heavy atom. The third-order valence-electron chi connectivity index (χ3n) is 2.91. The van der Waals surface area contributed by atoms with Crippen molar-refractivity contribution in [3.05, 3.63) is 23.8 Å². The number of aliphatic hydroxyl groups is 1. The molecule has 0 unspecified atom stereocenters. The molecule has 0 fully saturated rings. The van der Waals surface area contributed by atoms with Crippen LogP contribution in [0.25, 0.3) is 0 Å². The van der Waals surface area contributed by atoms with Crippen LogP contribution in [0.15, 0.2) is 18.2 Å². The van der Waals surface area contributed by atoms with Crippen molar-refractivity contribution < 1.29 is 24.5 Å². The van der Waals surface area contributed by atoms with Gasteiger partial charge in [0.1, 0.15) is 12.2 Å². The minimum absolute atomic E-state index is 0.00284. The van der Waals surface area contributed by atoms with E-state index < -0.39 is 5.97 Å². The zero-order valence-corrected chi connectivity index (χ0v) is 10.5. The highest BCUT2D eigenvalue weighted by Gasteiger charge is 2.23. The molecule has 0 aliphatic carbocycles. The standard InChI is InChI=1S/C13H17NO5/c15-6-9-18-7-4-14-5-8-19-12-10(13(16)17)2-1-3-11(12)14/h1-3,15H,4-9H2,(H,16,17). The summed E-state index contributed by atoms with van der Waals surface area (Å²) in [5.41, 5.74) is 0.956. The Morgan fingerprint density at radius 1 is 1.42 bits per heavy atom. The number of nitrogens with zero attached hydrogens (tertiary/aromatic N) is 1. The number of anilines is 1. The molecule has 0 radical (unpaired) electrons. The molecule has 0 saturated carbocycles. The van der Waals surface area contributed by atoms with Crippen LogP contribution in [0.1, 0.15) is 10.4 Å². The molecule has 0 atom stereocenters. The molecule has 0 spiro atoms. The van der Waals surface area contributed by atoms with Crippen LogP contribution in [-0.4, -0.2) is 55.7 Å². The van der Waals surface area contributed by atoms with Crippen molar-refractivity contribution in [1.29, 1.82) is 0 Å². The summed E-state index contributed by atoms with van der Waals surface area (Å²) in [5, 5.41) is 17.8. The lowest BCUT2D eigenvalue weighted by Crippen LogP contribution is -2.36. The van der Waals surface area contributed by atoms with Crippen LogP contribution in [0.2, 0.25) is 0 Å². The number of carbonyl (C=O) groups is 1. The second kappa shape index (κ2) is 6.40. The predicted molar refractivity (Wildman–Crippen MR) is 69.0 cm³/mol. The Hall–Kier alpha value is -1.79. The van der Waals surface area contributed by atoms with E-state index in [4.69, 9.17) is 19.7 Å². The first kappa shape index (κ1) is 13.6. The largest absolute Gasteiger partial charge is 0.489 e. The second-order valence-electron chi connectivity index (χ2n) is 4.13. The van der Waals surface area contributed by atoms with Gasteiger partial charge in [-0.2, -0.15) is 0 Å². The van der Waals surface area contributed by atoms with Crippen molar-refractivity contribution in [3.8, 4) is 5.75 Å². The Bertz CT molecular complexity index is 449. The van der Waals surface area contributed by atoms with Gasteiger partial charge < -0.3 is 24.6 Å². The molecule has 19 heavy (non-hydrogen) atoms. The first-order valence-corrected chi connectivity index (χ1v) is 6.16. The molecule has 6 nitrogen and oxygen atoms in total. The summed E-state index contributed by atoms with van der Waals surface area (Å²) in [5.74, 6) is -0.571. The van der Waals surface area contributed by atoms with Crippen molar-refractivity contribution in [3.63, 3.8) is 0 Å². The summed E-state index contributed by atoms with van der Waals surface area (Å²) < 4.78 is 10.7. The number of hydrogen-bond donors (Lipinski definition) is 2. The van der Waals surface area contributed by atoms with E-state index in [-0.39, 0.29) is 12.2 Å². The third kappa shape index (κ3) is 3.15. The molecule has 104 valence electrons. The van der Waals surface area contributed by atoms with Crippen LogP contribution in [-0.2, 0) is 4.74 Å². The number of rotatable bonds is 6. The normalized spacial score (nSPS) is 13.8. The fraction of sp³-hybridized carbons (Fsp3) is 0.462. The Balaban J connectivity index is 2.11. The van der Waals surface area contributed by atoms with E-state index in [0.717, 1.165) is 5.69 Å². The maximum absolute atomic E-state index is 11.1. The van der Waals surface area contributed by atoms with Crippen LogP contribution in [0.5, 0.6) is 5.75 Å². The lowest BCUT2D eigenvalue weighted by atomic mass is 10.1. The van der Waals surface area contributed by atoms with Crippen LogP contribution < -0.4 is 9.64 Å². The summed E-state index contributed by atoms with van der Waals surface area (Å²) in [6.45, 7) is 2.59. The van der Waals surface area contributed by atoms with E-state index in [1.54, 1.807) is 6.07 Å². The van der Waals surface area contributed by atoms with Crippen molar-refractivity contribution in [1.82, 2.24) is 0 Å². The third-order valence-corrected chi connectivity index (χ3v) is 2.91. The van der Waals surface area contributed by atoms with Gasteiger partial charge in [-0.05, 0) is 12.1 Å². The first-order chi connectivity index (χ1) is 9.24. The Labute approximate surface area is 111 Å². The van der Waals surface area contributed by atoms with Gasteiger partial charge in [0, 0.05) is 6.54 Å². The quantitative estimate of drug-likeness (QED) is 0.734. The number of aromatic carboxylic acids is 1. The zero-order valence-electron chi connectivity index (χ0n) is 10.5. The number of carboxylic acid groups (broad SMARTS) is 1. The lowest BCUT2D eigenvalue weighted by molar-refractivity contribution is 0.0691. The molecule has 1 aliphatic rings. The van der Waals surface area contributed by atoms with E-state index in [0.29, 0.717) is 38.7 Å². The summed E-state index contributed by atoms with van der Waals surface area (Å²) in [7, 11) is 0. The SMILES string of the molecule is O=C(O)c1cccc2c1OCCN2CCOCCO. The highest BCUT2D eigenvalue weighted by atomic mass is 16.5. The monoisotopic (exact) mass is 267 g/mol. The highest BCUT2D eigenvalue weighted by Crippen LogP contribution is 2.34. The molecule has 0 saturated heterocycles. The molecular formula is C13H17NO5. The van der Waals surface area contributed by atoms with E-state index >= 15 is 0 Å². The summed E-state index contributed by atoms with van der Waals surface area (Å²) in [6, 6.07) is 5.08. The second-order valence-corrected chi connectivity index (χ2v) is 4.13. The number of ether oxygens (including phenoxy) is 2. The van der Waals surface area contributed by atoms with Gasteiger partial charge in [-0.15, -0.1) is 0 Å². The zero-order chi connectivity index (χ0) is 13.7. The number of fused-ring (bicyclic) bond motifs is 1. The molecule has 1 heterocycles. The maximum atomic E-state index is 11.1. The number of hydrogen-bond acceptors (Lipinski definition) is 5. The van der Waals surface area contributed by atoms with Crippen molar-refractivity contribution in [2.75, 3.05) is 44.4 Å². The highest BCUT2D eigenvalue weighted by molar-refractivity contribution is 5.93. The molecule has 0 amide bonds. The van der Waals surface area contributed by atoms with Crippen molar-refractivity contribution in [2.24, 2.45) is 0 Å². The fourth-order valence-corrected chi connectivity index (χ4v) is 2.05. The van der Waals surface area contributed by atoms with Gasteiger partial charge in [-0.1, -0.05) is 6.07 Å². The number of benzene rings is 1. The van der Waals surface area contributed by atoms with Gasteiger partial charge >= 0.3 is 5.97 Å². The smallest absolute Gasteiger partial charge is 0.339 e. The summed E-state index contributed by atoms with van der Waals surface area (Å²) in [6.07, 6.45) is 0. The van der Waals surface area contributed by atoms with Gasteiger partial charge in [0.25, 0.3) is 0 Å². The molecule has 2 rings (SSSR count). The minimum Gasteiger partial charge on any atom is -0.489 e. The van der Waals surface area contributed by atoms with Crippen LogP contribution in [0, 0.1) is 0 Å². The fourth-order valence-electron chi connectivity index (χ4n) is 2.05. The maximum Gasteiger partial charge on any atom is 0.339 e. The van der Waals surface area contributed by atoms with E-state index in [1.165, 1.54) is 6.07 Å². The van der Waals surface area contributed by atoms with Crippen LogP contribution in [0.4, 0.5) is 5.69 Å². The predicted octanol–water partition coefficient (Wildman–Crippen LogP) is 0.593. The summed E-state index contributed by atoms with van der Waals surface area (Å²) in [4.78, 5) is 13.2. The van der Waals surface area contributed by atoms with Gasteiger partial charge in [-0.3, -0.25) is 0 Å². The van der Waals surface area contributed by atoms with Gasteiger partial charge in [0.2, 0.25) is 0 Å². The first-order valence-electron chi connectivity index (χ1n) is 6.16. The molecule has 0 bridgehead atoms. The van der Waals surface area contributed by atoms with Gasteiger partial charge in [0.15, 0.2) is 5.75 Å². The van der Waals surface area contributed by atoms with Crippen LogP contribution in [0.3, 0.4) is 0 Å². The molecule has 1 aliphatic heterocycles. The summed E-state index contributed by atoms with van der Waals surface area (Å²) >= 11 is 0. The molecule has 2 N–H and O–H groups in total.